The van der Waals surface area contributed by atoms with E-state index >= 15 is 0 Å². The number of unbranched alkanes of at least 4 members (excludes halogenated alkanes) is 4. The van der Waals surface area contributed by atoms with Crippen molar-refractivity contribution in [2.45, 2.75) is 83.6 Å². The van der Waals surface area contributed by atoms with Crippen molar-refractivity contribution in [3.8, 4) is 17.2 Å². The van der Waals surface area contributed by atoms with Gasteiger partial charge in [0.1, 0.15) is 24.1 Å². The molecule has 14 nitrogen and oxygen atoms in total. The number of carbonyl (C=O) groups is 6. The van der Waals surface area contributed by atoms with Gasteiger partial charge in [0, 0.05) is 75.8 Å². The molecule has 14 heteroatoms. The van der Waals surface area contributed by atoms with E-state index < -0.39 is 29.7 Å². The Labute approximate surface area is 271 Å². The summed E-state index contributed by atoms with van der Waals surface area (Å²) in [6.07, 6.45) is 9.32. The molecule has 3 amide bonds. The van der Waals surface area contributed by atoms with Gasteiger partial charge in [-0.2, -0.15) is 5.06 Å². The number of amides is 3. The zero-order chi connectivity index (χ0) is 33.6. The van der Waals surface area contributed by atoms with E-state index in [1.807, 2.05) is 41.2 Å². The lowest BCUT2D eigenvalue weighted by Gasteiger charge is -2.15. The molecular formula is C33H39N4O10+. The number of rotatable bonds is 18. The van der Waals surface area contributed by atoms with Gasteiger partial charge in [0.15, 0.2) is 18.0 Å². The standard InChI is InChI=1S/C33H39N4O10/c1-35(28(39)9-8-21-38)46-31(42)10-5-3-7-22-44-25-12-13-26-27(23-25)45-33(34-26)24-16-19-36(20-17-24)18-6-2-4-11-32(43)47-37-29(40)14-15-30(37)41/h12-13,16-17,19-21,23H,2-11,14-15,18,22H2,1H3/q+1. The first-order valence-electron chi connectivity index (χ1n) is 15.7. The smallest absolute Gasteiger partial charge is 0.333 e. The van der Waals surface area contributed by atoms with Crippen molar-refractivity contribution in [1.82, 2.24) is 15.1 Å². The van der Waals surface area contributed by atoms with Crippen molar-refractivity contribution in [2.24, 2.45) is 0 Å². The first-order valence-corrected chi connectivity index (χ1v) is 15.7. The van der Waals surface area contributed by atoms with Crippen molar-refractivity contribution >= 4 is 47.0 Å². The van der Waals surface area contributed by atoms with Crippen LogP contribution in [0.3, 0.4) is 0 Å². The molecule has 0 spiro atoms. The highest BCUT2D eigenvalue weighted by atomic mass is 16.7. The van der Waals surface area contributed by atoms with Crippen LogP contribution in [0, 0.1) is 0 Å². The molecule has 0 radical (unpaired) electrons. The molecule has 250 valence electrons. The number of nitrogens with zero attached hydrogens (tertiary/aromatic N) is 4. The molecule has 47 heavy (non-hydrogen) atoms. The predicted octanol–water partition coefficient (Wildman–Crippen LogP) is 3.78. The van der Waals surface area contributed by atoms with Crippen LogP contribution in [-0.2, 0) is 45.0 Å². The highest BCUT2D eigenvalue weighted by molar-refractivity contribution is 6.01. The Kier molecular flexibility index (Phi) is 13.0. The minimum absolute atomic E-state index is 0.00205. The Morgan fingerprint density at radius 3 is 2.36 bits per heavy atom. The van der Waals surface area contributed by atoms with Gasteiger partial charge in [-0.15, -0.1) is 5.06 Å². The molecule has 1 fully saturated rings. The van der Waals surface area contributed by atoms with Gasteiger partial charge in [0.2, 0.25) is 5.89 Å². The summed E-state index contributed by atoms with van der Waals surface area (Å²) in [5.41, 5.74) is 2.12. The fourth-order valence-corrected chi connectivity index (χ4v) is 4.74. The number of fused-ring (bicyclic) bond motifs is 1. The van der Waals surface area contributed by atoms with Crippen molar-refractivity contribution in [3.05, 3.63) is 42.7 Å². The van der Waals surface area contributed by atoms with Crippen LogP contribution in [0.1, 0.15) is 77.0 Å². The first-order chi connectivity index (χ1) is 22.7. The third kappa shape index (κ3) is 10.7. The second kappa shape index (κ2) is 17.5. The predicted molar refractivity (Wildman–Crippen MR) is 163 cm³/mol. The number of hydroxylamine groups is 4. The van der Waals surface area contributed by atoms with Crippen LogP contribution < -0.4 is 9.30 Å². The molecule has 3 aromatic rings. The quantitative estimate of drug-likeness (QED) is 0.0646. The molecule has 0 bridgehead atoms. The van der Waals surface area contributed by atoms with Crippen molar-refractivity contribution in [1.29, 1.82) is 0 Å². The maximum atomic E-state index is 11.9. The molecule has 0 saturated carbocycles. The number of ether oxygens (including phenoxy) is 1. The number of oxazole rings is 1. The average molecular weight is 652 g/mol. The van der Waals surface area contributed by atoms with Gasteiger partial charge in [-0.3, -0.25) is 14.4 Å². The molecule has 0 atom stereocenters. The summed E-state index contributed by atoms with van der Waals surface area (Å²) in [5.74, 6) is -1.33. The second-order valence-electron chi connectivity index (χ2n) is 11.0. The first kappa shape index (κ1) is 34.7. The fourth-order valence-electron chi connectivity index (χ4n) is 4.74. The van der Waals surface area contributed by atoms with Gasteiger partial charge >= 0.3 is 11.9 Å². The van der Waals surface area contributed by atoms with Gasteiger partial charge in [0.05, 0.1) is 6.61 Å². The monoisotopic (exact) mass is 651 g/mol. The SMILES string of the molecule is CN(OC(=O)CCCCCOc1ccc2nc(-c3cc[n+](CCCCCC(=O)ON4C(=O)CCC4=O)cc3)oc2c1)C(=O)CCC=O. The molecule has 1 aliphatic heterocycles. The zero-order valence-corrected chi connectivity index (χ0v) is 26.4. The lowest BCUT2D eigenvalue weighted by atomic mass is 10.2. The molecule has 3 heterocycles. The van der Waals surface area contributed by atoms with Gasteiger partial charge < -0.3 is 23.6 Å². The van der Waals surface area contributed by atoms with Gasteiger partial charge in [0.25, 0.3) is 17.7 Å². The summed E-state index contributed by atoms with van der Waals surface area (Å²) in [6.45, 7) is 1.20. The maximum absolute atomic E-state index is 11.9. The van der Waals surface area contributed by atoms with Crippen LogP contribution in [0.25, 0.3) is 22.6 Å². The minimum Gasteiger partial charge on any atom is -0.493 e. The van der Waals surface area contributed by atoms with Crippen LogP contribution >= 0.6 is 0 Å². The number of hydrogen-bond acceptors (Lipinski definition) is 11. The zero-order valence-electron chi connectivity index (χ0n) is 26.4. The molecule has 1 aromatic carbocycles. The average Bonchev–Trinajstić information content (AvgIpc) is 3.63. The lowest BCUT2D eigenvalue weighted by Crippen LogP contribution is -2.32. The largest absolute Gasteiger partial charge is 0.493 e. The van der Waals surface area contributed by atoms with Crippen LogP contribution in [0.2, 0.25) is 0 Å². The van der Waals surface area contributed by atoms with Gasteiger partial charge in [-0.1, -0.05) is 0 Å². The van der Waals surface area contributed by atoms with Crippen LogP contribution in [0.5, 0.6) is 5.75 Å². The number of aryl methyl sites for hydroxylation is 1. The van der Waals surface area contributed by atoms with Crippen molar-refractivity contribution < 1.29 is 52.2 Å². The third-order valence-corrected chi connectivity index (χ3v) is 7.35. The van der Waals surface area contributed by atoms with Gasteiger partial charge in [-0.25, -0.2) is 19.1 Å². The van der Waals surface area contributed by atoms with Crippen molar-refractivity contribution in [3.63, 3.8) is 0 Å². The van der Waals surface area contributed by atoms with E-state index in [9.17, 15) is 28.8 Å². The number of aromatic nitrogens is 2. The van der Waals surface area contributed by atoms with E-state index in [4.69, 9.17) is 18.8 Å². The number of imide groups is 1. The van der Waals surface area contributed by atoms with Crippen molar-refractivity contribution in [2.75, 3.05) is 13.7 Å². The Morgan fingerprint density at radius 2 is 1.64 bits per heavy atom. The summed E-state index contributed by atoms with van der Waals surface area (Å²) in [7, 11) is 1.35. The minimum atomic E-state index is -0.579. The lowest BCUT2D eigenvalue weighted by molar-refractivity contribution is -0.697. The molecule has 1 aliphatic rings. The molecule has 4 rings (SSSR count). The Balaban J connectivity index is 1.12. The second-order valence-corrected chi connectivity index (χ2v) is 11.0. The Morgan fingerprint density at radius 1 is 0.936 bits per heavy atom. The molecule has 1 saturated heterocycles. The Bertz CT molecular complexity index is 1550. The highest BCUT2D eigenvalue weighted by Gasteiger charge is 2.32. The summed E-state index contributed by atoms with van der Waals surface area (Å²) in [6, 6.07) is 9.29. The van der Waals surface area contributed by atoms with Crippen LogP contribution in [-0.4, -0.2) is 64.7 Å². The summed E-state index contributed by atoms with van der Waals surface area (Å²) < 4.78 is 13.9. The highest BCUT2D eigenvalue weighted by Crippen LogP contribution is 2.27. The number of carbonyl (C=O) groups excluding carboxylic acids is 6. The number of pyridine rings is 1. The Hall–Kier alpha value is -5.14. The maximum Gasteiger partial charge on any atom is 0.333 e. The molecule has 2 aromatic heterocycles. The third-order valence-electron chi connectivity index (χ3n) is 7.35. The van der Waals surface area contributed by atoms with Crippen LogP contribution in [0.15, 0.2) is 47.1 Å². The summed E-state index contributed by atoms with van der Waals surface area (Å²) >= 11 is 0. The van der Waals surface area contributed by atoms with E-state index in [1.54, 1.807) is 6.07 Å². The van der Waals surface area contributed by atoms with E-state index in [2.05, 4.69) is 4.98 Å². The van der Waals surface area contributed by atoms with E-state index in [1.165, 1.54) is 7.05 Å². The fraction of sp³-hybridized carbons (Fsp3) is 0.455. The molecule has 0 N–H and O–H groups in total. The van der Waals surface area contributed by atoms with E-state index in [0.29, 0.717) is 53.5 Å². The number of benzene rings is 1. The van der Waals surface area contributed by atoms with E-state index in [0.717, 1.165) is 42.9 Å². The van der Waals surface area contributed by atoms with Crippen LogP contribution in [0.4, 0.5) is 0 Å². The topological polar surface area (TPSA) is 166 Å². The number of hydrogen-bond donors (Lipinski definition) is 0. The normalized spacial score (nSPS) is 12.7. The molecular weight excluding hydrogens is 612 g/mol. The molecule has 0 unspecified atom stereocenters. The number of aldehydes is 1. The summed E-state index contributed by atoms with van der Waals surface area (Å²) in [5, 5.41) is 1.45. The van der Waals surface area contributed by atoms with E-state index in [-0.39, 0.29) is 38.5 Å². The van der Waals surface area contributed by atoms with Gasteiger partial charge in [-0.05, 0) is 44.2 Å². The summed E-state index contributed by atoms with van der Waals surface area (Å²) in [4.78, 5) is 83.4. The molecule has 0 aliphatic carbocycles.